The highest BCUT2D eigenvalue weighted by Gasteiger charge is 2.42. The topological polar surface area (TPSA) is 49.9 Å². The van der Waals surface area contributed by atoms with E-state index in [0.717, 1.165) is 43.4 Å². The van der Waals surface area contributed by atoms with Gasteiger partial charge >= 0.3 is 0 Å². The molecular formula is C21H30N2O3. The number of hydrogen-bond donors (Lipinski definition) is 0. The van der Waals surface area contributed by atoms with Crippen LogP contribution in [0, 0.1) is 0 Å². The van der Waals surface area contributed by atoms with E-state index in [0.29, 0.717) is 19.5 Å². The number of carbonyl (C=O) groups excluding carboxylic acids is 2. The minimum absolute atomic E-state index is 0.0852. The van der Waals surface area contributed by atoms with Crippen molar-refractivity contribution in [2.75, 3.05) is 13.6 Å². The van der Waals surface area contributed by atoms with Crippen molar-refractivity contribution in [1.82, 2.24) is 9.80 Å². The molecule has 0 N–H and O–H groups in total. The Morgan fingerprint density at radius 3 is 2.62 bits per heavy atom. The van der Waals surface area contributed by atoms with Crippen LogP contribution in [-0.4, -0.2) is 46.8 Å². The predicted octanol–water partition coefficient (Wildman–Crippen LogP) is 3.37. The molecule has 2 amide bonds. The summed E-state index contributed by atoms with van der Waals surface area (Å²) in [5, 5.41) is 0. The largest absolute Gasteiger partial charge is 0.485 e. The van der Waals surface area contributed by atoms with Crippen molar-refractivity contribution in [2.45, 2.75) is 70.6 Å². The fourth-order valence-electron chi connectivity index (χ4n) is 4.20. The molecule has 142 valence electrons. The number of amides is 2. The fraction of sp³-hybridized carbons (Fsp3) is 0.619. The molecule has 1 aromatic carbocycles. The molecule has 0 unspecified atom stereocenters. The van der Waals surface area contributed by atoms with E-state index >= 15 is 0 Å². The number of nitrogens with zero attached hydrogens (tertiary/aromatic N) is 2. The molecule has 1 heterocycles. The van der Waals surface area contributed by atoms with Gasteiger partial charge < -0.3 is 14.5 Å². The summed E-state index contributed by atoms with van der Waals surface area (Å²) in [4.78, 5) is 28.2. The second-order valence-corrected chi connectivity index (χ2v) is 7.75. The summed E-state index contributed by atoms with van der Waals surface area (Å²) in [6.45, 7) is 4.89. The highest BCUT2D eigenvalue weighted by atomic mass is 16.5. The van der Waals surface area contributed by atoms with Gasteiger partial charge in [-0.15, -0.1) is 0 Å². The predicted molar refractivity (Wildman–Crippen MR) is 101 cm³/mol. The van der Waals surface area contributed by atoms with E-state index in [1.54, 1.807) is 6.92 Å². The number of ether oxygens (including phenoxy) is 1. The van der Waals surface area contributed by atoms with E-state index in [4.69, 9.17) is 4.74 Å². The summed E-state index contributed by atoms with van der Waals surface area (Å²) < 4.78 is 6.50. The van der Waals surface area contributed by atoms with Gasteiger partial charge in [0.05, 0.1) is 6.54 Å². The third-order valence-electron chi connectivity index (χ3n) is 5.86. The maximum Gasteiger partial charge on any atom is 0.222 e. The van der Waals surface area contributed by atoms with Gasteiger partial charge in [-0.05, 0) is 38.2 Å². The zero-order valence-electron chi connectivity index (χ0n) is 16.2. The average Bonchev–Trinajstić information content (AvgIpc) is 2.78. The summed E-state index contributed by atoms with van der Waals surface area (Å²) in [7, 11) is 1.92. The smallest absolute Gasteiger partial charge is 0.222 e. The molecule has 1 saturated carbocycles. The maximum absolute atomic E-state index is 12.2. The number of carbonyl (C=O) groups is 2. The minimum Gasteiger partial charge on any atom is -0.485 e. The molecule has 0 saturated heterocycles. The first-order chi connectivity index (χ1) is 12.4. The molecule has 1 fully saturated rings. The number of fused-ring (bicyclic) bond motifs is 1. The third-order valence-corrected chi connectivity index (χ3v) is 5.86. The molecular weight excluding hydrogens is 328 g/mol. The van der Waals surface area contributed by atoms with Crippen LogP contribution in [0.4, 0.5) is 0 Å². The molecule has 2 aliphatic rings. The van der Waals surface area contributed by atoms with Crippen molar-refractivity contribution < 1.29 is 14.3 Å². The lowest BCUT2D eigenvalue weighted by Gasteiger charge is -2.43. The van der Waals surface area contributed by atoms with Gasteiger partial charge in [-0.3, -0.25) is 9.59 Å². The first-order valence-corrected chi connectivity index (χ1v) is 9.72. The van der Waals surface area contributed by atoms with Crippen molar-refractivity contribution in [1.29, 1.82) is 0 Å². The number of benzene rings is 1. The Balaban J connectivity index is 1.76. The molecule has 5 heteroatoms. The molecule has 26 heavy (non-hydrogen) atoms. The van der Waals surface area contributed by atoms with Crippen LogP contribution in [0.1, 0.15) is 57.9 Å². The zero-order valence-corrected chi connectivity index (χ0v) is 16.2. The van der Waals surface area contributed by atoms with Gasteiger partial charge in [0.1, 0.15) is 11.4 Å². The Morgan fingerprint density at radius 2 is 1.96 bits per heavy atom. The lowest BCUT2D eigenvalue weighted by Crippen LogP contribution is -2.52. The quantitative estimate of drug-likeness (QED) is 0.832. The molecule has 0 radical (unpaired) electrons. The summed E-state index contributed by atoms with van der Waals surface area (Å²) in [5.41, 5.74) is 0.723. The highest BCUT2D eigenvalue weighted by molar-refractivity contribution is 5.76. The van der Waals surface area contributed by atoms with Gasteiger partial charge in [0.15, 0.2) is 0 Å². The Labute approximate surface area is 156 Å². The number of rotatable bonds is 3. The van der Waals surface area contributed by atoms with Crippen LogP contribution in [0.2, 0.25) is 0 Å². The third kappa shape index (κ3) is 3.87. The maximum atomic E-state index is 12.2. The Hall–Kier alpha value is -2.04. The monoisotopic (exact) mass is 358 g/mol. The van der Waals surface area contributed by atoms with Crippen molar-refractivity contribution in [3.63, 3.8) is 0 Å². The summed E-state index contributed by atoms with van der Waals surface area (Å²) in [6, 6.07) is 8.28. The van der Waals surface area contributed by atoms with Crippen LogP contribution in [0.15, 0.2) is 24.3 Å². The minimum atomic E-state index is -0.344. The van der Waals surface area contributed by atoms with Crippen molar-refractivity contribution in [3.8, 4) is 5.75 Å². The van der Waals surface area contributed by atoms with Crippen molar-refractivity contribution >= 4 is 11.8 Å². The first kappa shape index (κ1) is 18.7. The fourth-order valence-corrected chi connectivity index (χ4v) is 4.20. The van der Waals surface area contributed by atoms with Crippen LogP contribution >= 0.6 is 0 Å². The Morgan fingerprint density at radius 1 is 1.27 bits per heavy atom. The van der Waals surface area contributed by atoms with Gasteiger partial charge in [-0.1, -0.05) is 25.1 Å². The second-order valence-electron chi connectivity index (χ2n) is 7.75. The molecule has 0 atom stereocenters. The standard InChI is InChI=1S/C21H30N2O3/c1-4-7-20(25)22(3)18-10-12-21(13-11-18)15-23(16(2)24)14-17-8-5-6-9-19(17)26-21/h5-6,8-9,18H,4,7,10-15H2,1-3H3. The Bertz CT molecular complexity index is 665. The van der Waals surface area contributed by atoms with E-state index < -0.39 is 0 Å². The average molecular weight is 358 g/mol. The first-order valence-electron chi connectivity index (χ1n) is 9.72. The van der Waals surface area contributed by atoms with E-state index in [2.05, 4.69) is 0 Å². The SMILES string of the molecule is CCCC(=O)N(C)C1CCC2(CC1)CN(C(C)=O)Cc1ccccc1O2. The van der Waals surface area contributed by atoms with Gasteiger partial charge in [0.2, 0.25) is 11.8 Å². The van der Waals surface area contributed by atoms with Crippen LogP contribution in [-0.2, 0) is 16.1 Å². The van der Waals surface area contributed by atoms with Crippen molar-refractivity contribution in [2.24, 2.45) is 0 Å². The summed E-state index contributed by atoms with van der Waals surface area (Å²) in [5.74, 6) is 1.21. The lowest BCUT2D eigenvalue weighted by atomic mass is 9.81. The molecule has 1 aliphatic carbocycles. The van der Waals surface area contributed by atoms with Gasteiger partial charge in [-0.25, -0.2) is 0 Å². The van der Waals surface area contributed by atoms with E-state index in [9.17, 15) is 9.59 Å². The Kier molecular flexibility index (Phi) is 5.54. The van der Waals surface area contributed by atoms with Gasteiger partial charge in [0, 0.05) is 38.5 Å². The van der Waals surface area contributed by atoms with E-state index in [-0.39, 0.29) is 23.5 Å². The highest BCUT2D eigenvalue weighted by Crippen LogP contribution is 2.39. The summed E-state index contributed by atoms with van der Waals surface area (Å²) in [6.07, 6.45) is 5.05. The molecule has 1 spiro atoms. The van der Waals surface area contributed by atoms with Crippen LogP contribution in [0.5, 0.6) is 5.75 Å². The molecule has 5 nitrogen and oxygen atoms in total. The van der Waals surface area contributed by atoms with E-state index in [1.807, 2.05) is 48.0 Å². The lowest BCUT2D eigenvalue weighted by molar-refractivity contribution is -0.135. The normalized spacial score (nSPS) is 25.2. The second kappa shape index (κ2) is 7.68. The number of para-hydroxylation sites is 1. The van der Waals surface area contributed by atoms with Crippen LogP contribution in [0.3, 0.4) is 0 Å². The van der Waals surface area contributed by atoms with E-state index in [1.165, 1.54) is 0 Å². The van der Waals surface area contributed by atoms with Crippen molar-refractivity contribution in [3.05, 3.63) is 29.8 Å². The van der Waals surface area contributed by atoms with Gasteiger partial charge in [0.25, 0.3) is 0 Å². The van der Waals surface area contributed by atoms with Gasteiger partial charge in [-0.2, -0.15) is 0 Å². The molecule has 3 rings (SSSR count). The molecule has 0 aromatic heterocycles. The molecule has 0 bridgehead atoms. The molecule has 1 aliphatic heterocycles. The molecule has 1 aromatic rings. The van der Waals surface area contributed by atoms with Crippen LogP contribution < -0.4 is 4.74 Å². The number of hydrogen-bond acceptors (Lipinski definition) is 3. The summed E-state index contributed by atoms with van der Waals surface area (Å²) >= 11 is 0. The van der Waals surface area contributed by atoms with Crippen LogP contribution in [0.25, 0.3) is 0 Å². The zero-order chi connectivity index (χ0) is 18.7.